The zero-order chi connectivity index (χ0) is 10.5. The third-order valence-electron chi connectivity index (χ3n) is 2.67. The molecule has 4 heteroatoms. The van der Waals surface area contributed by atoms with Crippen LogP contribution >= 0.6 is 0 Å². The molecule has 3 N–H and O–H groups in total. The van der Waals surface area contributed by atoms with Crippen molar-refractivity contribution in [3.63, 3.8) is 0 Å². The number of nitrogens with two attached hydrogens (primary N) is 1. The van der Waals surface area contributed by atoms with Crippen molar-refractivity contribution in [1.82, 2.24) is 15.4 Å². The number of nitrogens with zero attached hydrogens (tertiary/aromatic N) is 2. The first-order valence-corrected chi connectivity index (χ1v) is 5.54. The van der Waals surface area contributed by atoms with Crippen molar-refractivity contribution in [3.05, 3.63) is 23.9 Å². The maximum atomic E-state index is 5.61. The third-order valence-corrected chi connectivity index (χ3v) is 2.67. The Kier molecular flexibility index (Phi) is 3.53. The average Bonchev–Trinajstić information content (AvgIpc) is 2.28. The molecule has 0 amide bonds. The molecule has 4 nitrogen and oxygen atoms in total. The van der Waals surface area contributed by atoms with Crippen LogP contribution in [0, 0.1) is 0 Å². The van der Waals surface area contributed by atoms with E-state index in [0.29, 0.717) is 5.82 Å². The van der Waals surface area contributed by atoms with E-state index >= 15 is 0 Å². The van der Waals surface area contributed by atoms with Gasteiger partial charge in [0, 0.05) is 13.1 Å². The van der Waals surface area contributed by atoms with Crippen LogP contribution in [0.2, 0.25) is 0 Å². The van der Waals surface area contributed by atoms with Crippen LogP contribution in [0.15, 0.2) is 18.2 Å². The van der Waals surface area contributed by atoms with Crippen LogP contribution < -0.4 is 11.2 Å². The Morgan fingerprint density at radius 3 is 2.80 bits per heavy atom. The van der Waals surface area contributed by atoms with Crippen molar-refractivity contribution in [3.8, 4) is 0 Å². The van der Waals surface area contributed by atoms with E-state index < -0.39 is 0 Å². The molecule has 2 heterocycles. The fraction of sp³-hybridized carbons (Fsp3) is 0.545. The molecule has 0 atom stereocenters. The predicted molar refractivity (Wildman–Crippen MR) is 60.9 cm³/mol. The van der Waals surface area contributed by atoms with Crippen LogP contribution in [0.25, 0.3) is 0 Å². The molecule has 1 aromatic heterocycles. The second-order valence-corrected chi connectivity index (χ2v) is 3.94. The van der Waals surface area contributed by atoms with Gasteiger partial charge in [0.1, 0.15) is 5.82 Å². The van der Waals surface area contributed by atoms with E-state index in [9.17, 15) is 0 Å². The van der Waals surface area contributed by atoms with Gasteiger partial charge in [-0.15, -0.1) is 0 Å². The first-order valence-electron chi connectivity index (χ1n) is 5.54. The van der Waals surface area contributed by atoms with E-state index in [1.807, 2.05) is 18.2 Å². The molecule has 0 aliphatic carbocycles. The second-order valence-electron chi connectivity index (χ2n) is 3.94. The highest BCUT2D eigenvalue weighted by atomic mass is 15.5. The summed E-state index contributed by atoms with van der Waals surface area (Å²) in [6.45, 7) is 3.05. The van der Waals surface area contributed by atoms with E-state index in [1.165, 1.54) is 19.3 Å². The lowest BCUT2D eigenvalue weighted by atomic mass is 10.2. The minimum atomic E-state index is 0.591. The quantitative estimate of drug-likeness (QED) is 0.779. The number of hydrogen-bond donors (Lipinski definition) is 2. The molecule has 1 aliphatic heterocycles. The molecule has 1 aromatic rings. The first-order chi connectivity index (χ1) is 7.34. The van der Waals surface area contributed by atoms with Gasteiger partial charge < -0.3 is 5.73 Å². The van der Waals surface area contributed by atoms with Crippen molar-refractivity contribution in [1.29, 1.82) is 0 Å². The van der Waals surface area contributed by atoms with Crippen molar-refractivity contribution in [2.45, 2.75) is 25.8 Å². The fourth-order valence-electron chi connectivity index (χ4n) is 1.84. The van der Waals surface area contributed by atoms with Crippen LogP contribution in [-0.2, 0) is 6.54 Å². The van der Waals surface area contributed by atoms with Gasteiger partial charge in [0.2, 0.25) is 0 Å². The van der Waals surface area contributed by atoms with Crippen LogP contribution in [0.4, 0.5) is 5.82 Å². The van der Waals surface area contributed by atoms with E-state index in [2.05, 4.69) is 15.4 Å². The van der Waals surface area contributed by atoms with Gasteiger partial charge in [0.25, 0.3) is 0 Å². The summed E-state index contributed by atoms with van der Waals surface area (Å²) in [5.74, 6) is 0.591. The van der Waals surface area contributed by atoms with Crippen LogP contribution in [0.5, 0.6) is 0 Å². The number of pyridine rings is 1. The Morgan fingerprint density at radius 2 is 2.07 bits per heavy atom. The highest BCUT2D eigenvalue weighted by Gasteiger charge is 2.08. The molecule has 0 saturated carbocycles. The average molecular weight is 206 g/mol. The van der Waals surface area contributed by atoms with Gasteiger partial charge >= 0.3 is 0 Å². The Labute approximate surface area is 90.5 Å². The predicted octanol–water partition coefficient (Wildman–Crippen LogP) is 1.15. The molecule has 0 bridgehead atoms. The van der Waals surface area contributed by atoms with Gasteiger partial charge in [0.15, 0.2) is 0 Å². The summed E-state index contributed by atoms with van der Waals surface area (Å²) in [6, 6.07) is 5.74. The van der Waals surface area contributed by atoms with Crippen LogP contribution in [0.3, 0.4) is 0 Å². The maximum Gasteiger partial charge on any atom is 0.123 e. The van der Waals surface area contributed by atoms with Gasteiger partial charge in [-0.1, -0.05) is 12.5 Å². The number of anilines is 1. The standard InChI is InChI=1S/C11H18N4/c12-11-6-4-5-10(14-11)9-13-15-7-2-1-3-8-15/h4-6,13H,1-3,7-9H2,(H2,12,14). The largest absolute Gasteiger partial charge is 0.384 e. The number of hydrogen-bond acceptors (Lipinski definition) is 4. The molecule has 1 fully saturated rings. The summed E-state index contributed by atoms with van der Waals surface area (Å²) in [7, 11) is 0. The molecule has 82 valence electrons. The SMILES string of the molecule is Nc1cccc(CNN2CCCCC2)n1. The molecule has 1 saturated heterocycles. The summed E-state index contributed by atoms with van der Waals surface area (Å²) in [6.07, 6.45) is 3.93. The molecule has 2 rings (SSSR count). The number of nitrogen functional groups attached to an aromatic ring is 1. The zero-order valence-electron chi connectivity index (χ0n) is 8.95. The van der Waals surface area contributed by atoms with Crippen molar-refractivity contribution in [2.24, 2.45) is 0 Å². The number of aromatic nitrogens is 1. The lowest BCUT2D eigenvalue weighted by Gasteiger charge is -2.26. The first kappa shape index (κ1) is 10.4. The summed E-state index contributed by atoms with van der Waals surface area (Å²) in [5.41, 5.74) is 10.00. The number of hydrazine groups is 1. The summed E-state index contributed by atoms with van der Waals surface area (Å²) >= 11 is 0. The van der Waals surface area contributed by atoms with Gasteiger partial charge in [-0.25, -0.2) is 15.4 Å². The molecule has 15 heavy (non-hydrogen) atoms. The van der Waals surface area contributed by atoms with Gasteiger partial charge in [-0.2, -0.15) is 0 Å². The van der Waals surface area contributed by atoms with E-state index in [0.717, 1.165) is 25.3 Å². The third kappa shape index (κ3) is 3.18. The van der Waals surface area contributed by atoms with Crippen LogP contribution in [0.1, 0.15) is 25.0 Å². The monoisotopic (exact) mass is 206 g/mol. The highest BCUT2D eigenvalue weighted by molar-refractivity contribution is 5.28. The van der Waals surface area contributed by atoms with Gasteiger partial charge in [-0.05, 0) is 25.0 Å². The maximum absolute atomic E-state index is 5.61. The highest BCUT2D eigenvalue weighted by Crippen LogP contribution is 2.07. The van der Waals surface area contributed by atoms with E-state index in [-0.39, 0.29) is 0 Å². The van der Waals surface area contributed by atoms with Crippen molar-refractivity contribution >= 4 is 5.82 Å². The zero-order valence-corrected chi connectivity index (χ0v) is 8.95. The molecular weight excluding hydrogens is 188 g/mol. The normalized spacial score (nSPS) is 17.9. The second kappa shape index (κ2) is 5.09. The number of rotatable bonds is 3. The summed E-state index contributed by atoms with van der Waals surface area (Å²) < 4.78 is 0. The van der Waals surface area contributed by atoms with Gasteiger partial charge in [0.05, 0.1) is 12.2 Å². The van der Waals surface area contributed by atoms with Crippen molar-refractivity contribution < 1.29 is 0 Å². The fourth-order valence-corrected chi connectivity index (χ4v) is 1.84. The summed E-state index contributed by atoms with van der Waals surface area (Å²) in [4.78, 5) is 4.25. The van der Waals surface area contributed by atoms with E-state index in [4.69, 9.17) is 5.73 Å². The Hall–Kier alpha value is -1.13. The number of nitrogens with one attached hydrogen (secondary N) is 1. The summed E-state index contributed by atoms with van der Waals surface area (Å²) in [5, 5.41) is 2.27. The van der Waals surface area contributed by atoms with Crippen molar-refractivity contribution in [2.75, 3.05) is 18.8 Å². The Bertz CT molecular complexity index is 307. The molecule has 0 spiro atoms. The Balaban J connectivity index is 1.81. The minimum Gasteiger partial charge on any atom is -0.384 e. The molecule has 0 aromatic carbocycles. The lowest BCUT2D eigenvalue weighted by Crippen LogP contribution is -2.41. The molecule has 0 radical (unpaired) electrons. The molecule has 0 unspecified atom stereocenters. The number of piperidine rings is 1. The van der Waals surface area contributed by atoms with E-state index in [1.54, 1.807) is 0 Å². The topological polar surface area (TPSA) is 54.2 Å². The Morgan fingerprint density at radius 1 is 1.27 bits per heavy atom. The smallest absolute Gasteiger partial charge is 0.123 e. The van der Waals surface area contributed by atoms with Crippen LogP contribution in [-0.4, -0.2) is 23.1 Å². The van der Waals surface area contributed by atoms with Gasteiger partial charge in [-0.3, -0.25) is 0 Å². The molecule has 1 aliphatic rings. The minimum absolute atomic E-state index is 0.591. The lowest BCUT2D eigenvalue weighted by molar-refractivity contribution is 0.150. The molecular formula is C11H18N4.